The maximum atomic E-state index is 12.2. The Bertz CT molecular complexity index is 769. The van der Waals surface area contributed by atoms with Gasteiger partial charge in [0.15, 0.2) is 0 Å². The minimum Gasteiger partial charge on any atom is -0.492 e. The highest BCUT2D eigenvalue weighted by Crippen LogP contribution is 2.12. The van der Waals surface area contributed by atoms with E-state index in [0.29, 0.717) is 5.75 Å². The SMILES string of the molecule is COC(=O)c1cc([N+](=O)[O-])cn(CCOc2ccccc2)c1=O. The molecule has 1 aromatic heterocycles. The van der Waals surface area contributed by atoms with Crippen LogP contribution in [-0.2, 0) is 11.3 Å². The van der Waals surface area contributed by atoms with Crippen LogP contribution in [0.3, 0.4) is 0 Å². The molecule has 8 nitrogen and oxygen atoms in total. The smallest absolute Gasteiger partial charge is 0.343 e. The zero-order valence-electron chi connectivity index (χ0n) is 12.3. The highest BCUT2D eigenvalue weighted by Gasteiger charge is 2.19. The summed E-state index contributed by atoms with van der Waals surface area (Å²) in [6.45, 7) is 0.172. The highest BCUT2D eigenvalue weighted by molar-refractivity contribution is 5.89. The van der Waals surface area contributed by atoms with E-state index in [1.165, 1.54) is 0 Å². The molecule has 2 rings (SSSR count). The van der Waals surface area contributed by atoms with Crippen LogP contribution in [0.2, 0.25) is 0 Å². The molecular weight excluding hydrogens is 304 g/mol. The summed E-state index contributed by atoms with van der Waals surface area (Å²) in [4.78, 5) is 34.0. The molecule has 0 fully saturated rings. The van der Waals surface area contributed by atoms with Gasteiger partial charge in [0.2, 0.25) is 0 Å². The number of ether oxygens (including phenoxy) is 2. The van der Waals surface area contributed by atoms with E-state index in [9.17, 15) is 19.7 Å². The molecule has 0 atom stereocenters. The van der Waals surface area contributed by atoms with Crippen LogP contribution in [0.25, 0.3) is 0 Å². The molecule has 0 bridgehead atoms. The molecule has 0 saturated carbocycles. The molecule has 0 aliphatic heterocycles. The van der Waals surface area contributed by atoms with Crippen molar-refractivity contribution >= 4 is 11.7 Å². The summed E-state index contributed by atoms with van der Waals surface area (Å²) in [5, 5.41) is 10.9. The van der Waals surface area contributed by atoms with Gasteiger partial charge >= 0.3 is 5.97 Å². The largest absolute Gasteiger partial charge is 0.492 e. The first-order valence-electron chi connectivity index (χ1n) is 6.68. The number of carbonyl (C=O) groups excluding carboxylic acids is 1. The van der Waals surface area contributed by atoms with E-state index >= 15 is 0 Å². The van der Waals surface area contributed by atoms with Crippen LogP contribution in [0.1, 0.15) is 10.4 Å². The van der Waals surface area contributed by atoms with Crippen molar-refractivity contribution in [3.63, 3.8) is 0 Å². The third-order valence-electron chi connectivity index (χ3n) is 3.03. The molecule has 8 heteroatoms. The first-order chi connectivity index (χ1) is 11.0. The van der Waals surface area contributed by atoms with Gasteiger partial charge in [-0.1, -0.05) is 18.2 Å². The first-order valence-corrected chi connectivity index (χ1v) is 6.68. The summed E-state index contributed by atoms with van der Waals surface area (Å²) in [6.07, 6.45) is 1.07. The van der Waals surface area contributed by atoms with Gasteiger partial charge in [0.25, 0.3) is 11.2 Å². The molecule has 0 spiro atoms. The zero-order chi connectivity index (χ0) is 16.8. The highest BCUT2D eigenvalue weighted by atomic mass is 16.6. The molecule has 0 N–H and O–H groups in total. The number of pyridine rings is 1. The second kappa shape index (κ2) is 7.21. The Kier molecular flexibility index (Phi) is 5.08. The molecule has 0 unspecified atom stereocenters. The van der Waals surface area contributed by atoms with Crippen molar-refractivity contribution in [2.45, 2.75) is 6.54 Å². The fourth-order valence-corrected chi connectivity index (χ4v) is 1.92. The molecule has 120 valence electrons. The van der Waals surface area contributed by atoms with E-state index in [0.717, 1.165) is 23.9 Å². The Morgan fingerprint density at radius 1 is 1.30 bits per heavy atom. The van der Waals surface area contributed by atoms with Crippen LogP contribution in [0.5, 0.6) is 5.75 Å². The standard InChI is InChI=1S/C15H14N2O6/c1-22-15(19)13-9-11(17(20)21)10-16(14(13)18)7-8-23-12-5-3-2-4-6-12/h2-6,9-10H,7-8H2,1H3. The maximum absolute atomic E-state index is 12.2. The molecule has 0 amide bonds. The summed E-state index contributed by atoms with van der Waals surface area (Å²) >= 11 is 0. The van der Waals surface area contributed by atoms with Gasteiger partial charge in [-0.3, -0.25) is 14.9 Å². The van der Waals surface area contributed by atoms with Crippen molar-refractivity contribution in [1.82, 2.24) is 4.57 Å². The quantitative estimate of drug-likeness (QED) is 0.456. The third kappa shape index (κ3) is 3.94. The average molecular weight is 318 g/mol. The number of esters is 1. The van der Waals surface area contributed by atoms with E-state index in [1.54, 1.807) is 24.3 Å². The predicted octanol–water partition coefficient (Wildman–Crippen LogP) is 1.62. The van der Waals surface area contributed by atoms with Crippen LogP contribution >= 0.6 is 0 Å². The van der Waals surface area contributed by atoms with E-state index in [1.807, 2.05) is 6.07 Å². The Labute approximate surface area is 131 Å². The van der Waals surface area contributed by atoms with Crippen LogP contribution in [0.15, 0.2) is 47.4 Å². The third-order valence-corrected chi connectivity index (χ3v) is 3.03. The molecule has 1 heterocycles. The number of aromatic nitrogens is 1. The van der Waals surface area contributed by atoms with Gasteiger partial charge in [0, 0.05) is 6.07 Å². The maximum Gasteiger partial charge on any atom is 0.343 e. The lowest BCUT2D eigenvalue weighted by Gasteiger charge is -2.09. The Hall–Kier alpha value is -3.16. The van der Waals surface area contributed by atoms with Crippen molar-refractivity contribution < 1.29 is 19.2 Å². The number of methoxy groups -OCH3 is 1. The minimum atomic E-state index is -0.920. The molecule has 0 aliphatic carbocycles. The number of hydrogen-bond donors (Lipinski definition) is 0. The molecule has 0 radical (unpaired) electrons. The predicted molar refractivity (Wildman–Crippen MR) is 80.6 cm³/mol. The molecule has 1 aromatic carbocycles. The lowest BCUT2D eigenvalue weighted by Crippen LogP contribution is -2.28. The molecular formula is C15H14N2O6. The summed E-state index contributed by atoms with van der Waals surface area (Å²) in [7, 11) is 1.10. The summed E-state index contributed by atoms with van der Waals surface area (Å²) in [6, 6.07) is 9.82. The molecule has 0 saturated heterocycles. The second-order valence-corrected chi connectivity index (χ2v) is 4.52. The van der Waals surface area contributed by atoms with E-state index in [2.05, 4.69) is 4.74 Å². The zero-order valence-corrected chi connectivity index (χ0v) is 12.3. The van der Waals surface area contributed by atoms with Gasteiger partial charge in [0.05, 0.1) is 24.8 Å². The van der Waals surface area contributed by atoms with Crippen molar-refractivity contribution in [1.29, 1.82) is 0 Å². The van der Waals surface area contributed by atoms with Crippen molar-refractivity contribution in [3.05, 3.63) is 68.6 Å². The van der Waals surface area contributed by atoms with Gasteiger partial charge in [-0.15, -0.1) is 0 Å². The number of nitro groups is 1. The lowest BCUT2D eigenvalue weighted by molar-refractivity contribution is -0.385. The Morgan fingerprint density at radius 2 is 2.00 bits per heavy atom. The van der Waals surface area contributed by atoms with Crippen LogP contribution in [0.4, 0.5) is 5.69 Å². The average Bonchev–Trinajstić information content (AvgIpc) is 2.56. The number of carbonyl (C=O) groups is 1. The molecule has 23 heavy (non-hydrogen) atoms. The van der Waals surface area contributed by atoms with Gasteiger partial charge in [-0.25, -0.2) is 4.79 Å². The Morgan fingerprint density at radius 3 is 2.61 bits per heavy atom. The Balaban J connectivity index is 2.23. The normalized spacial score (nSPS) is 10.1. The van der Waals surface area contributed by atoms with Crippen molar-refractivity contribution in [2.75, 3.05) is 13.7 Å². The summed E-state index contributed by atoms with van der Waals surface area (Å²) in [5.41, 5.74) is -1.43. The van der Waals surface area contributed by atoms with Gasteiger partial charge < -0.3 is 14.0 Å². The number of para-hydroxylation sites is 1. The molecule has 0 aliphatic rings. The van der Waals surface area contributed by atoms with E-state index in [-0.39, 0.29) is 24.4 Å². The van der Waals surface area contributed by atoms with Gasteiger partial charge in [-0.2, -0.15) is 0 Å². The summed E-state index contributed by atoms with van der Waals surface area (Å²) < 4.78 is 11.0. The van der Waals surface area contributed by atoms with Crippen molar-refractivity contribution in [3.8, 4) is 5.75 Å². The fraction of sp³-hybridized carbons (Fsp3) is 0.200. The number of benzene rings is 1. The fourth-order valence-electron chi connectivity index (χ4n) is 1.92. The van der Waals surface area contributed by atoms with Gasteiger partial charge in [0.1, 0.15) is 17.9 Å². The van der Waals surface area contributed by atoms with E-state index < -0.39 is 16.5 Å². The van der Waals surface area contributed by atoms with Crippen LogP contribution in [0, 0.1) is 10.1 Å². The minimum absolute atomic E-state index is 0.0550. The number of hydrogen-bond acceptors (Lipinski definition) is 6. The molecule has 2 aromatic rings. The van der Waals surface area contributed by atoms with Crippen molar-refractivity contribution in [2.24, 2.45) is 0 Å². The number of nitrogens with zero attached hydrogens (tertiary/aromatic N) is 2. The second-order valence-electron chi connectivity index (χ2n) is 4.52. The van der Waals surface area contributed by atoms with Crippen LogP contribution < -0.4 is 10.3 Å². The summed E-state index contributed by atoms with van der Waals surface area (Å²) in [5.74, 6) is -0.310. The lowest BCUT2D eigenvalue weighted by atomic mass is 10.2. The van der Waals surface area contributed by atoms with Crippen LogP contribution in [-0.4, -0.2) is 29.2 Å². The number of rotatable bonds is 6. The van der Waals surface area contributed by atoms with E-state index in [4.69, 9.17) is 4.74 Å². The van der Waals surface area contributed by atoms with Gasteiger partial charge in [-0.05, 0) is 12.1 Å². The topological polar surface area (TPSA) is 101 Å². The monoisotopic (exact) mass is 318 g/mol. The first kappa shape index (κ1) is 16.2.